The molecule has 1 heterocycles. The second-order valence-electron chi connectivity index (χ2n) is 4.46. The van der Waals surface area contributed by atoms with E-state index in [0.717, 1.165) is 18.2 Å². The Hall–Kier alpha value is -1.29. The van der Waals surface area contributed by atoms with Crippen LogP contribution in [-0.4, -0.2) is 18.5 Å². The van der Waals surface area contributed by atoms with Crippen LogP contribution in [0.25, 0.3) is 0 Å². The zero-order chi connectivity index (χ0) is 12.4. The van der Waals surface area contributed by atoms with Crippen LogP contribution in [-0.2, 0) is 16.0 Å². The van der Waals surface area contributed by atoms with E-state index >= 15 is 0 Å². The first-order valence-corrected chi connectivity index (χ1v) is 5.64. The summed E-state index contributed by atoms with van der Waals surface area (Å²) >= 11 is 0. The van der Waals surface area contributed by atoms with Crippen molar-refractivity contribution in [2.24, 2.45) is 5.92 Å². The van der Waals surface area contributed by atoms with Crippen molar-refractivity contribution in [3.8, 4) is 0 Å². The molecule has 1 aliphatic heterocycles. The third-order valence-corrected chi connectivity index (χ3v) is 3.03. The number of carbonyl (C=O) groups is 1. The fourth-order valence-electron chi connectivity index (χ4n) is 2.05. The molecule has 2 rings (SSSR count). The van der Waals surface area contributed by atoms with Crippen molar-refractivity contribution < 1.29 is 18.3 Å². The van der Waals surface area contributed by atoms with Gasteiger partial charge in [-0.05, 0) is 37.1 Å². The van der Waals surface area contributed by atoms with Gasteiger partial charge < -0.3 is 4.74 Å². The van der Waals surface area contributed by atoms with Crippen LogP contribution in [0, 0.1) is 17.6 Å². The monoisotopic (exact) mass is 240 g/mol. The highest BCUT2D eigenvalue weighted by molar-refractivity contribution is 5.83. The average molecular weight is 240 g/mol. The SMILES string of the molecule is CC1CC(C(=O)Cc2cc(F)ccc2F)CO1. The van der Waals surface area contributed by atoms with Crippen molar-refractivity contribution in [1.29, 1.82) is 0 Å². The Labute approximate surface area is 98.6 Å². The Bertz CT molecular complexity index is 431. The molecule has 1 aromatic rings. The fraction of sp³-hybridized carbons (Fsp3) is 0.462. The first kappa shape index (κ1) is 12.2. The number of hydrogen-bond donors (Lipinski definition) is 0. The number of carbonyl (C=O) groups excluding carboxylic acids is 1. The van der Waals surface area contributed by atoms with Crippen LogP contribution >= 0.6 is 0 Å². The van der Waals surface area contributed by atoms with Crippen LogP contribution in [0.3, 0.4) is 0 Å². The van der Waals surface area contributed by atoms with Crippen LogP contribution in [0.2, 0.25) is 0 Å². The molecule has 2 nitrogen and oxygen atoms in total. The fourth-order valence-corrected chi connectivity index (χ4v) is 2.05. The summed E-state index contributed by atoms with van der Waals surface area (Å²) in [6.45, 7) is 2.28. The second kappa shape index (κ2) is 4.92. The predicted octanol–water partition coefficient (Wildman–Crippen LogP) is 2.50. The van der Waals surface area contributed by atoms with Crippen molar-refractivity contribution in [2.45, 2.75) is 25.9 Å². The summed E-state index contributed by atoms with van der Waals surface area (Å²) in [6.07, 6.45) is 0.668. The zero-order valence-corrected chi connectivity index (χ0v) is 9.58. The van der Waals surface area contributed by atoms with Crippen LogP contribution in [0.5, 0.6) is 0 Å². The van der Waals surface area contributed by atoms with Crippen molar-refractivity contribution in [2.75, 3.05) is 6.61 Å². The van der Waals surface area contributed by atoms with Gasteiger partial charge in [0.15, 0.2) is 0 Å². The van der Waals surface area contributed by atoms with Gasteiger partial charge in [0.1, 0.15) is 17.4 Å². The molecule has 1 saturated heterocycles. The standard InChI is InChI=1S/C13H14F2O2/c1-8-4-10(7-17-8)13(16)6-9-5-11(14)2-3-12(9)15/h2-3,5,8,10H,4,6-7H2,1H3. The minimum atomic E-state index is -0.535. The first-order chi connectivity index (χ1) is 8.06. The van der Waals surface area contributed by atoms with Gasteiger partial charge in [0.05, 0.1) is 12.7 Å². The van der Waals surface area contributed by atoms with Gasteiger partial charge in [-0.3, -0.25) is 4.79 Å². The van der Waals surface area contributed by atoms with Gasteiger partial charge in [0.2, 0.25) is 0 Å². The summed E-state index contributed by atoms with van der Waals surface area (Å²) in [6, 6.07) is 3.17. The third-order valence-electron chi connectivity index (χ3n) is 3.03. The van der Waals surface area contributed by atoms with Gasteiger partial charge in [-0.25, -0.2) is 8.78 Å². The molecule has 1 aliphatic rings. The Kier molecular flexibility index (Phi) is 3.52. The van der Waals surface area contributed by atoms with Crippen LogP contribution in [0.15, 0.2) is 18.2 Å². The van der Waals surface area contributed by atoms with Crippen molar-refractivity contribution in [1.82, 2.24) is 0 Å². The minimum Gasteiger partial charge on any atom is -0.378 e. The largest absolute Gasteiger partial charge is 0.378 e. The number of ketones is 1. The molecule has 0 N–H and O–H groups in total. The second-order valence-corrected chi connectivity index (χ2v) is 4.46. The normalized spacial score (nSPS) is 23.9. The summed E-state index contributed by atoms with van der Waals surface area (Å²) in [5.74, 6) is -1.33. The van der Waals surface area contributed by atoms with Gasteiger partial charge in [-0.1, -0.05) is 0 Å². The van der Waals surface area contributed by atoms with Crippen LogP contribution in [0.1, 0.15) is 18.9 Å². The number of rotatable bonds is 3. The molecule has 0 radical (unpaired) electrons. The molecule has 2 atom stereocenters. The van der Waals surface area contributed by atoms with E-state index in [1.807, 2.05) is 6.92 Å². The molecule has 1 aromatic carbocycles. The molecule has 1 fully saturated rings. The quantitative estimate of drug-likeness (QED) is 0.811. The van der Waals surface area contributed by atoms with E-state index < -0.39 is 11.6 Å². The molecule has 0 amide bonds. The smallest absolute Gasteiger partial charge is 0.142 e. The van der Waals surface area contributed by atoms with Crippen LogP contribution in [0.4, 0.5) is 8.78 Å². The van der Waals surface area contributed by atoms with Gasteiger partial charge in [-0.2, -0.15) is 0 Å². The molecule has 0 bridgehead atoms. The maximum atomic E-state index is 13.3. The van der Waals surface area contributed by atoms with E-state index in [1.54, 1.807) is 0 Å². The highest BCUT2D eigenvalue weighted by Gasteiger charge is 2.28. The summed E-state index contributed by atoms with van der Waals surface area (Å²) in [5, 5.41) is 0. The maximum Gasteiger partial charge on any atom is 0.142 e. The van der Waals surface area contributed by atoms with Gasteiger partial charge in [-0.15, -0.1) is 0 Å². The minimum absolute atomic E-state index is 0.0651. The molecule has 4 heteroatoms. The third kappa shape index (κ3) is 2.88. The Balaban J connectivity index is 2.05. The highest BCUT2D eigenvalue weighted by Crippen LogP contribution is 2.22. The lowest BCUT2D eigenvalue weighted by atomic mass is 9.95. The van der Waals surface area contributed by atoms with E-state index in [0.29, 0.717) is 13.0 Å². The number of ether oxygens (including phenoxy) is 1. The van der Waals surface area contributed by atoms with Gasteiger partial charge in [0.25, 0.3) is 0 Å². The van der Waals surface area contributed by atoms with Gasteiger partial charge in [0, 0.05) is 12.3 Å². The number of Topliss-reactive ketones (excluding diaryl/α,β-unsaturated/α-hetero) is 1. The molecule has 2 unspecified atom stereocenters. The molecule has 0 aromatic heterocycles. The lowest BCUT2D eigenvalue weighted by Gasteiger charge is -2.07. The summed E-state index contributed by atoms with van der Waals surface area (Å²) in [7, 11) is 0. The molecule has 0 spiro atoms. The predicted molar refractivity (Wildman–Crippen MR) is 58.6 cm³/mol. The molecule has 92 valence electrons. The topological polar surface area (TPSA) is 26.3 Å². The molecular weight excluding hydrogens is 226 g/mol. The number of hydrogen-bond acceptors (Lipinski definition) is 2. The molecule has 0 saturated carbocycles. The summed E-state index contributed by atoms with van der Waals surface area (Å²) < 4.78 is 31.6. The average Bonchev–Trinajstić information content (AvgIpc) is 2.70. The number of halogens is 2. The summed E-state index contributed by atoms with van der Waals surface area (Å²) in [5.41, 5.74) is 0.120. The van der Waals surface area contributed by atoms with E-state index in [1.165, 1.54) is 0 Å². The summed E-state index contributed by atoms with van der Waals surface area (Å²) in [4.78, 5) is 11.9. The Morgan fingerprint density at radius 1 is 1.47 bits per heavy atom. The van der Waals surface area contributed by atoms with Crippen LogP contribution < -0.4 is 0 Å². The van der Waals surface area contributed by atoms with E-state index in [2.05, 4.69) is 0 Å². The molecular formula is C13H14F2O2. The van der Waals surface area contributed by atoms with Gasteiger partial charge >= 0.3 is 0 Å². The molecule has 0 aliphatic carbocycles. The lowest BCUT2D eigenvalue weighted by molar-refractivity contribution is -0.122. The first-order valence-electron chi connectivity index (χ1n) is 5.64. The lowest BCUT2D eigenvalue weighted by Crippen LogP contribution is -2.17. The van der Waals surface area contributed by atoms with Crippen molar-refractivity contribution in [3.63, 3.8) is 0 Å². The Morgan fingerprint density at radius 3 is 2.88 bits per heavy atom. The number of benzene rings is 1. The zero-order valence-electron chi connectivity index (χ0n) is 9.58. The van der Waals surface area contributed by atoms with E-state index in [9.17, 15) is 13.6 Å². The Morgan fingerprint density at radius 2 is 2.24 bits per heavy atom. The highest BCUT2D eigenvalue weighted by atomic mass is 19.1. The molecule has 17 heavy (non-hydrogen) atoms. The van der Waals surface area contributed by atoms with E-state index in [4.69, 9.17) is 4.74 Å². The van der Waals surface area contributed by atoms with E-state index in [-0.39, 0.29) is 29.8 Å². The van der Waals surface area contributed by atoms with Crippen molar-refractivity contribution in [3.05, 3.63) is 35.4 Å². The maximum absolute atomic E-state index is 13.3. The van der Waals surface area contributed by atoms with Crippen molar-refractivity contribution >= 4 is 5.78 Å².